The Morgan fingerprint density at radius 2 is 2.44 bits per heavy atom. The second kappa shape index (κ2) is 4.35. The number of nitrogens with zero attached hydrogens (tertiary/aromatic N) is 2. The fraction of sp³-hybridized carbons (Fsp3) is 0.455. The lowest BCUT2D eigenvalue weighted by molar-refractivity contribution is 0.377. The molecular formula is C11H13N3OS. The maximum atomic E-state index is 5.19. The van der Waals surface area contributed by atoms with Crippen molar-refractivity contribution in [2.24, 2.45) is 0 Å². The Balaban J connectivity index is 1.58. The Morgan fingerprint density at radius 3 is 3.19 bits per heavy atom. The van der Waals surface area contributed by atoms with Crippen molar-refractivity contribution >= 4 is 11.3 Å². The van der Waals surface area contributed by atoms with Crippen LogP contribution in [0.15, 0.2) is 21.3 Å². The first-order chi connectivity index (χ1) is 7.90. The van der Waals surface area contributed by atoms with Gasteiger partial charge in [0, 0.05) is 6.04 Å². The summed E-state index contributed by atoms with van der Waals surface area (Å²) in [7, 11) is 0. The molecule has 2 heterocycles. The van der Waals surface area contributed by atoms with Crippen molar-refractivity contribution in [3.05, 3.63) is 34.1 Å². The fourth-order valence-electron chi connectivity index (χ4n) is 1.52. The van der Waals surface area contributed by atoms with Gasteiger partial charge in [0.05, 0.1) is 13.0 Å². The topological polar surface area (TPSA) is 51.0 Å². The number of hydrogen-bond acceptors (Lipinski definition) is 5. The smallest absolute Gasteiger partial charge is 0.231 e. The molecule has 2 aromatic rings. The van der Waals surface area contributed by atoms with Gasteiger partial charge in [-0.15, -0.1) is 0 Å². The maximum absolute atomic E-state index is 5.19. The van der Waals surface area contributed by atoms with Gasteiger partial charge in [-0.25, -0.2) is 0 Å². The Morgan fingerprint density at radius 1 is 1.50 bits per heavy atom. The quantitative estimate of drug-likeness (QED) is 0.861. The van der Waals surface area contributed by atoms with Gasteiger partial charge in [-0.3, -0.25) is 0 Å². The third kappa shape index (κ3) is 2.48. The van der Waals surface area contributed by atoms with E-state index in [0.717, 1.165) is 18.8 Å². The van der Waals surface area contributed by atoms with Crippen molar-refractivity contribution in [3.8, 4) is 0 Å². The molecule has 84 valence electrons. The van der Waals surface area contributed by atoms with Crippen molar-refractivity contribution in [1.29, 1.82) is 0 Å². The second-order valence-corrected chi connectivity index (χ2v) is 4.85. The average Bonchev–Trinajstić information content (AvgIpc) is 2.78. The van der Waals surface area contributed by atoms with Crippen LogP contribution in [-0.4, -0.2) is 16.2 Å². The minimum Gasteiger partial charge on any atom is -0.339 e. The van der Waals surface area contributed by atoms with Crippen LogP contribution in [0.25, 0.3) is 0 Å². The molecule has 2 aromatic heterocycles. The summed E-state index contributed by atoms with van der Waals surface area (Å²) in [6.45, 7) is 0.720. The summed E-state index contributed by atoms with van der Waals surface area (Å²) >= 11 is 1.69. The van der Waals surface area contributed by atoms with Crippen molar-refractivity contribution in [1.82, 2.24) is 15.5 Å². The molecule has 0 spiro atoms. The SMILES string of the molecule is c1cc(Cc2nc(CNC3CC3)no2)cs1. The molecule has 0 aromatic carbocycles. The third-order valence-electron chi connectivity index (χ3n) is 2.57. The van der Waals surface area contributed by atoms with Crippen LogP contribution in [0.3, 0.4) is 0 Å². The zero-order valence-electron chi connectivity index (χ0n) is 8.85. The van der Waals surface area contributed by atoms with Crippen LogP contribution in [-0.2, 0) is 13.0 Å². The van der Waals surface area contributed by atoms with Crippen LogP contribution >= 0.6 is 11.3 Å². The molecule has 1 aliphatic carbocycles. The highest BCUT2D eigenvalue weighted by atomic mass is 32.1. The molecule has 0 bridgehead atoms. The molecule has 16 heavy (non-hydrogen) atoms. The highest BCUT2D eigenvalue weighted by Crippen LogP contribution is 2.19. The second-order valence-electron chi connectivity index (χ2n) is 4.07. The standard InChI is InChI=1S/C11H13N3OS/c1-2-9(1)12-6-10-13-11(15-14-10)5-8-3-4-16-7-8/h3-4,7,9,12H,1-2,5-6H2. The first kappa shape index (κ1) is 9.99. The molecule has 1 saturated carbocycles. The highest BCUT2D eigenvalue weighted by Gasteiger charge is 2.21. The van der Waals surface area contributed by atoms with E-state index in [9.17, 15) is 0 Å². The molecule has 1 N–H and O–H groups in total. The van der Waals surface area contributed by atoms with Crippen molar-refractivity contribution in [2.45, 2.75) is 31.8 Å². The molecule has 0 amide bonds. The van der Waals surface area contributed by atoms with Crippen LogP contribution in [0.1, 0.15) is 30.1 Å². The first-order valence-corrected chi connectivity index (χ1v) is 6.40. The average molecular weight is 235 g/mol. The molecule has 1 aliphatic rings. The van der Waals surface area contributed by atoms with Gasteiger partial charge in [0.1, 0.15) is 0 Å². The van der Waals surface area contributed by atoms with Gasteiger partial charge in [-0.2, -0.15) is 16.3 Å². The van der Waals surface area contributed by atoms with Crippen molar-refractivity contribution in [2.75, 3.05) is 0 Å². The van der Waals surface area contributed by atoms with Gasteiger partial charge in [0.15, 0.2) is 5.82 Å². The van der Waals surface area contributed by atoms with Crippen LogP contribution in [0.5, 0.6) is 0 Å². The predicted octanol–water partition coefficient (Wildman–Crippen LogP) is 1.97. The van der Waals surface area contributed by atoms with Gasteiger partial charge in [-0.1, -0.05) is 5.16 Å². The van der Waals surface area contributed by atoms with E-state index in [2.05, 4.69) is 32.3 Å². The summed E-state index contributed by atoms with van der Waals surface area (Å²) in [5.41, 5.74) is 1.23. The zero-order chi connectivity index (χ0) is 10.8. The van der Waals surface area contributed by atoms with E-state index in [4.69, 9.17) is 4.52 Å². The molecule has 3 rings (SSSR count). The van der Waals surface area contributed by atoms with Crippen LogP contribution in [0.2, 0.25) is 0 Å². The molecular weight excluding hydrogens is 222 g/mol. The number of rotatable bonds is 5. The highest BCUT2D eigenvalue weighted by molar-refractivity contribution is 7.07. The minimum absolute atomic E-state index is 0.679. The van der Waals surface area contributed by atoms with Crippen molar-refractivity contribution in [3.63, 3.8) is 0 Å². The molecule has 0 aliphatic heterocycles. The number of aromatic nitrogens is 2. The van der Waals surface area contributed by atoms with Crippen LogP contribution < -0.4 is 5.32 Å². The van der Waals surface area contributed by atoms with Gasteiger partial charge >= 0.3 is 0 Å². The molecule has 0 unspecified atom stereocenters. The van der Waals surface area contributed by atoms with E-state index in [0.29, 0.717) is 11.9 Å². The molecule has 0 atom stereocenters. The largest absolute Gasteiger partial charge is 0.339 e. The monoisotopic (exact) mass is 235 g/mol. The van der Waals surface area contributed by atoms with Gasteiger partial charge < -0.3 is 9.84 Å². The normalized spacial score (nSPS) is 15.5. The summed E-state index contributed by atoms with van der Waals surface area (Å²) in [6, 6.07) is 2.76. The summed E-state index contributed by atoms with van der Waals surface area (Å²) < 4.78 is 5.19. The fourth-order valence-corrected chi connectivity index (χ4v) is 2.19. The maximum Gasteiger partial charge on any atom is 0.231 e. The predicted molar refractivity (Wildman–Crippen MR) is 61.3 cm³/mol. The molecule has 4 nitrogen and oxygen atoms in total. The molecule has 5 heteroatoms. The summed E-state index contributed by atoms with van der Waals surface area (Å²) in [5, 5.41) is 11.5. The van der Waals surface area contributed by atoms with Gasteiger partial charge in [-0.05, 0) is 35.2 Å². The first-order valence-electron chi connectivity index (χ1n) is 5.46. The Kier molecular flexibility index (Phi) is 2.71. The van der Waals surface area contributed by atoms with Gasteiger partial charge in [0.25, 0.3) is 0 Å². The van der Waals surface area contributed by atoms with Crippen LogP contribution in [0, 0.1) is 0 Å². The lowest BCUT2D eigenvalue weighted by atomic mass is 10.2. The zero-order valence-corrected chi connectivity index (χ0v) is 9.67. The van der Waals surface area contributed by atoms with E-state index in [-0.39, 0.29) is 0 Å². The van der Waals surface area contributed by atoms with E-state index >= 15 is 0 Å². The molecule has 1 fully saturated rings. The van der Waals surface area contributed by atoms with E-state index < -0.39 is 0 Å². The Hall–Kier alpha value is -1.20. The van der Waals surface area contributed by atoms with Crippen LogP contribution in [0.4, 0.5) is 0 Å². The Labute approximate surface area is 97.7 Å². The number of thiophene rings is 1. The summed E-state index contributed by atoms with van der Waals surface area (Å²) in [6.07, 6.45) is 3.29. The van der Waals surface area contributed by atoms with Gasteiger partial charge in [0.2, 0.25) is 5.89 Å². The van der Waals surface area contributed by atoms with E-state index in [1.165, 1.54) is 18.4 Å². The third-order valence-corrected chi connectivity index (χ3v) is 3.30. The van der Waals surface area contributed by atoms with E-state index in [1.807, 2.05) is 0 Å². The summed E-state index contributed by atoms with van der Waals surface area (Å²) in [5.74, 6) is 1.46. The Bertz CT molecular complexity index is 448. The lowest BCUT2D eigenvalue weighted by Gasteiger charge is -1.94. The lowest BCUT2D eigenvalue weighted by Crippen LogP contribution is -2.16. The number of hydrogen-bond donors (Lipinski definition) is 1. The molecule has 0 saturated heterocycles. The van der Waals surface area contributed by atoms with E-state index in [1.54, 1.807) is 11.3 Å². The summed E-state index contributed by atoms with van der Waals surface area (Å²) in [4.78, 5) is 4.35. The van der Waals surface area contributed by atoms with Crippen molar-refractivity contribution < 1.29 is 4.52 Å². The minimum atomic E-state index is 0.679. The molecule has 0 radical (unpaired) electrons. The number of nitrogens with one attached hydrogen (secondary N) is 1.